The second-order valence-corrected chi connectivity index (χ2v) is 22.2. The summed E-state index contributed by atoms with van der Waals surface area (Å²) in [7, 11) is 0. The van der Waals surface area contributed by atoms with Gasteiger partial charge in [0.1, 0.15) is 0 Å². The Balaban J connectivity index is 0.000000150. The highest BCUT2D eigenvalue weighted by atomic mass is 14.9. The summed E-state index contributed by atoms with van der Waals surface area (Å²) in [6.07, 6.45) is 9.34. The van der Waals surface area contributed by atoms with Crippen LogP contribution in [0, 0.1) is 0 Å². The SMILES string of the molecule is c1ccc(-c2ccc(-c3cc(-c4cccc(-c5cccnc5)c4)nc(-c4ccc(-c5cccc6ccccc56)cc4)n3)cc2)cc1.c1ccc(-c2ncc(-c3cccc(-c4cccnc4)c3)c(-c3cccc(-c4cc5ccccc5c5ccccc45)c3)n2)cc1. The van der Waals surface area contributed by atoms with E-state index in [9.17, 15) is 0 Å². The predicted molar refractivity (Wildman–Crippen MR) is 372 cm³/mol. The van der Waals surface area contributed by atoms with Crippen LogP contribution in [0.3, 0.4) is 0 Å². The van der Waals surface area contributed by atoms with Crippen molar-refractivity contribution < 1.29 is 0 Å². The zero-order chi connectivity index (χ0) is 60.0. The maximum absolute atomic E-state index is 5.22. The van der Waals surface area contributed by atoms with Crippen LogP contribution >= 0.6 is 0 Å². The van der Waals surface area contributed by atoms with E-state index in [2.05, 4.69) is 283 Å². The van der Waals surface area contributed by atoms with Crippen molar-refractivity contribution in [2.45, 2.75) is 0 Å². The van der Waals surface area contributed by atoms with Crippen molar-refractivity contribution in [3.8, 4) is 123 Å². The molecule has 4 aromatic heterocycles. The first-order valence-corrected chi connectivity index (χ1v) is 30.2. The number of rotatable bonds is 11. The second kappa shape index (κ2) is 24.7. The standard InChI is InChI=1S/C43H29N3.C41H27N3/c1-2-9-30(10-3-1)31-18-22-34(23-19-31)41-28-42(37-14-6-13-36(27-37)38-15-8-26-44-29-38)46-43(45-41)35-24-20-33(21-25-35)40-17-7-12-32-11-4-5-16-39(32)40;1-2-11-28(12-3-1)41-43-27-39(31-16-8-14-29(23-31)34-18-10-22-42-26-34)40(44-41)33-17-9-15-30(24-33)38-25-32-13-4-5-19-35(32)36-20-6-7-21-37(36)38/h1-29H;1-27H. The van der Waals surface area contributed by atoms with E-state index in [1.165, 1.54) is 54.6 Å². The first-order chi connectivity index (χ1) is 44.6. The van der Waals surface area contributed by atoms with Gasteiger partial charge in [-0.2, -0.15) is 0 Å². The summed E-state index contributed by atoms with van der Waals surface area (Å²) in [6.45, 7) is 0. The van der Waals surface area contributed by atoms with Crippen LogP contribution in [0.4, 0.5) is 0 Å². The Morgan fingerprint density at radius 2 is 0.656 bits per heavy atom. The van der Waals surface area contributed by atoms with Crippen molar-refractivity contribution in [2.24, 2.45) is 0 Å². The van der Waals surface area contributed by atoms with Crippen LogP contribution < -0.4 is 0 Å². The lowest BCUT2D eigenvalue weighted by Gasteiger charge is -2.15. The average molecular weight is 1150 g/mol. The molecule has 0 saturated heterocycles. The second-order valence-electron chi connectivity index (χ2n) is 22.2. The molecule has 4 heterocycles. The molecule has 0 aliphatic rings. The van der Waals surface area contributed by atoms with Gasteiger partial charge in [0.15, 0.2) is 11.6 Å². The molecule has 0 unspecified atom stereocenters. The lowest BCUT2D eigenvalue weighted by molar-refractivity contribution is 1.18. The lowest BCUT2D eigenvalue weighted by Crippen LogP contribution is -1.96. The van der Waals surface area contributed by atoms with Crippen molar-refractivity contribution in [1.29, 1.82) is 0 Å². The van der Waals surface area contributed by atoms with Crippen LogP contribution in [0.2, 0.25) is 0 Å². The summed E-state index contributed by atoms with van der Waals surface area (Å²) in [4.78, 5) is 28.9. The number of benzene rings is 12. The van der Waals surface area contributed by atoms with Crippen molar-refractivity contribution >= 4 is 32.3 Å². The van der Waals surface area contributed by atoms with Crippen LogP contribution in [0.5, 0.6) is 0 Å². The zero-order valence-corrected chi connectivity index (χ0v) is 49.0. The molecular formula is C84H56N6. The molecule has 0 radical (unpaired) electrons. The largest absolute Gasteiger partial charge is 0.264 e. The fraction of sp³-hybridized carbons (Fsp3) is 0. The van der Waals surface area contributed by atoms with Gasteiger partial charge < -0.3 is 0 Å². The summed E-state index contributed by atoms with van der Waals surface area (Å²) >= 11 is 0. The van der Waals surface area contributed by atoms with E-state index in [0.717, 1.165) is 89.4 Å². The van der Waals surface area contributed by atoms with Crippen molar-refractivity contribution in [3.05, 3.63) is 340 Å². The molecule has 422 valence electrons. The van der Waals surface area contributed by atoms with Gasteiger partial charge in [0.25, 0.3) is 0 Å². The summed E-state index contributed by atoms with van der Waals surface area (Å²) < 4.78 is 0. The monoisotopic (exact) mass is 1150 g/mol. The smallest absolute Gasteiger partial charge is 0.160 e. The van der Waals surface area contributed by atoms with Gasteiger partial charge >= 0.3 is 0 Å². The lowest BCUT2D eigenvalue weighted by atomic mass is 9.91. The minimum atomic E-state index is 0.691. The Labute approximate surface area is 522 Å². The molecule has 0 fully saturated rings. The molecule has 0 N–H and O–H groups in total. The minimum absolute atomic E-state index is 0.691. The third kappa shape index (κ3) is 11.3. The van der Waals surface area contributed by atoms with E-state index in [4.69, 9.17) is 19.9 Å². The first-order valence-electron chi connectivity index (χ1n) is 30.2. The molecule has 6 nitrogen and oxygen atoms in total. The van der Waals surface area contributed by atoms with E-state index in [-0.39, 0.29) is 0 Å². The average Bonchev–Trinajstić information content (AvgIpc) is 1.31. The quantitative estimate of drug-likeness (QED) is 0.120. The summed E-state index contributed by atoms with van der Waals surface area (Å²) in [5, 5.41) is 7.46. The number of fused-ring (bicyclic) bond motifs is 4. The molecule has 90 heavy (non-hydrogen) atoms. The summed E-state index contributed by atoms with van der Waals surface area (Å²) in [5.41, 5.74) is 21.2. The van der Waals surface area contributed by atoms with E-state index < -0.39 is 0 Å². The number of nitrogens with zero attached hydrogens (tertiary/aromatic N) is 6. The molecule has 0 aliphatic carbocycles. The fourth-order valence-electron chi connectivity index (χ4n) is 12.1. The molecule has 16 rings (SSSR count). The Morgan fingerprint density at radius 3 is 1.34 bits per heavy atom. The van der Waals surface area contributed by atoms with Gasteiger partial charge in [-0.15, -0.1) is 0 Å². The van der Waals surface area contributed by atoms with Gasteiger partial charge in [0.2, 0.25) is 0 Å². The molecule has 16 aromatic rings. The normalized spacial score (nSPS) is 11.1. The van der Waals surface area contributed by atoms with E-state index in [1.807, 2.05) is 55.0 Å². The van der Waals surface area contributed by atoms with Crippen LogP contribution in [0.25, 0.3) is 156 Å². The molecule has 0 saturated carbocycles. The van der Waals surface area contributed by atoms with Gasteiger partial charge in [0.05, 0.1) is 17.1 Å². The third-order valence-electron chi connectivity index (χ3n) is 16.6. The number of hydrogen-bond donors (Lipinski definition) is 0. The molecular weight excluding hydrogens is 1090 g/mol. The summed E-state index contributed by atoms with van der Waals surface area (Å²) in [6, 6.07) is 108. The van der Waals surface area contributed by atoms with Crippen LogP contribution in [0.1, 0.15) is 0 Å². The maximum Gasteiger partial charge on any atom is 0.160 e. The Morgan fingerprint density at radius 1 is 0.200 bits per heavy atom. The maximum atomic E-state index is 5.22. The van der Waals surface area contributed by atoms with E-state index >= 15 is 0 Å². The first kappa shape index (κ1) is 54.5. The number of aromatic nitrogens is 6. The van der Waals surface area contributed by atoms with E-state index in [0.29, 0.717) is 11.6 Å². The Hall–Kier alpha value is -12.1. The number of hydrogen-bond acceptors (Lipinski definition) is 6. The van der Waals surface area contributed by atoms with Crippen molar-refractivity contribution in [1.82, 2.24) is 29.9 Å². The molecule has 0 spiro atoms. The fourth-order valence-corrected chi connectivity index (χ4v) is 12.1. The van der Waals surface area contributed by atoms with Gasteiger partial charge in [0, 0.05) is 75.5 Å². The van der Waals surface area contributed by atoms with Gasteiger partial charge in [-0.1, -0.05) is 267 Å². The van der Waals surface area contributed by atoms with Crippen molar-refractivity contribution in [3.63, 3.8) is 0 Å². The van der Waals surface area contributed by atoms with Crippen LogP contribution in [0.15, 0.2) is 340 Å². The molecule has 0 aliphatic heterocycles. The Kier molecular flexibility index (Phi) is 15.0. The molecule has 0 atom stereocenters. The van der Waals surface area contributed by atoms with Gasteiger partial charge in [-0.25, -0.2) is 19.9 Å². The molecule has 0 bridgehead atoms. The predicted octanol–water partition coefficient (Wildman–Crippen LogP) is 21.5. The Bertz CT molecular complexity index is 5210. The minimum Gasteiger partial charge on any atom is -0.264 e. The topological polar surface area (TPSA) is 77.3 Å². The third-order valence-corrected chi connectivity index (χ3v) is 16.6. The van der Waals surface area contributed by atoms with E-state index in [1.54, 1.807) is 12.4 Å². The molecule has 6 heteroatoms. The number of pyridine rings is 2. The molecule has 12 aromatic carbocycles. The highest BCUT2D eigenvalue weighted by Crippen LogP contribution is 2.40. The van der Waals surface area contributed by atoms with Gasteiger partial charge in [-0.05, 0) is 125 Å². The highest BCUT2D eigenvalue weighted by molar-refractivity contribution is 6.14. The zero-order valence-electron chi connectivity index (χ0n) is 49.0. The highest BCUT2D eigenvalue weighted by Gasteiger charge is 2.18. The summed E-state index contributed by atoms with van der Waals surface area (Å²) in [5.74, 6) is 1.39. The molecule has 0 amide bonds. The van der Waals surface area contributed by atoms with Crippen molar-refractivity contribution in [2.75, 3.05) is 0 Å². The van der Waals surface area contributed by atoms with Gasteiger partial charge in [-0.3, -0.25) is 9.97 Å². The van der Waals surface area contributed by atoms with Crippen LogP contribution in [-0.4, -0.2) is 29.9 Å². The van der Waals surface area contributed by atoms with Crippen LogP contribution in [-0.2, 0) is 0 Å².